The molecular formula is C17H18O. The van der Waals surface area contributed by atoms with Crippen LogP contribution in [0.15, 0.2) is 66.7 Å². The Morgan fingerprint density at radius 3 is 2.11 bits per heavy atom. The van der Waals surface area contributed by atoms with Gasteiger partial charge < -0.3 is 5.11 Å². The van der Waals surface area contributed by atoms with E-state index in [1.54, 1.807) is 0 Å². The van der Waals surface area contributed by atoms with Gasteiger partial charge in [0.25, 0.3) is 0 Å². The predicted octanol–water partition coefficient (Wildman–Crippen LogP) is 3.70. The monoisotopic (exact) mass is 238 g/mol. The standard InChI is InChI=1S/C17H18O/c18-14-13-17(16-9-5-2-6-10-16)12-11-15-7-3-1-4-8-15/h1-10,13,18H,11-12,14H2/b17-13-. The van der Waals surface area contributed by atoms with Gasteiger partial charge in [0, 0.05) is 0 Å². The smallest absolute Gasteiger partial charge is 0.0618 e. The van der Waals surface area contributed by atoms with Crippen molar-refractivity contribution in [2.75, 3.05) is 6.61 Å². The van der Waals surface area contributed by atoms with Crippen LogP contribution in [0, 0.1) is 0 Å². The average Bonchev–Trinajstić information content (AvgIpc) is 2.45. The summed E-state index contributed by atoms with van der Waals surface area (Å²) in [4.78, 5) is 0. The fourth-order valence-corrected chi connectivity index (χ4v) is 2.05. The van der Waals surface area contributed by atoms with Crippen molar-refractivity contribution in [3.05, 3.63) is 77.9 Å². The van der Waals surface area contributed by atoms with Crippen molar-refractivity contribution in [1.29, 1.82) is 0 Å². The van der Waals surface area contributed by atoms with E-state index in [0.29, 0.717) is 0 Å². The van der Waals surface area contributed by atoms with E-state index in [4.69, 9.17) is 5.11 Å². The molecule has 1 nitrogen and oxygen atoms in total. The second kappa shape index (κ2) is 6.77. The molecule has 18 heavy (non-hydrogen) atoms. The minimum atomic E-state index is 0.0962. The van der Waals surface area contributed by atoms with Crippen LogP contribution in [-0.2, 0) is 6.42 Å². The summed E-state index contributed by atoms with van der Waals surface area (Å²) in [6, 6.07) is 20.7. The highest BCUT2D eigenvalue weighted by atomic mass is 16.2. The van der Waals surface area contributed by atoms with Gasteiger partial charge in [-0.05, 0) is 29.5 Å². The number of rotatable bonds is 5. The molecule has 0 unspecified atom stereocenters. The third-order valence-electron chi connectivity index (χ3n) is 3.01. The second-order valence-electron chi connectivity index (χ2n) is 4.26. The van der Waals surface area contributed by atoms with Gasteiger partial charge in [0.05, 0.1) is 6.61 Å². The van der Waals surface area contributed by atoms with Gasteiger partial charge in [-0.3, -0.25) is 0 Å². The Morgan fingerprint density at radius 2 is 1.50 bits per heavy atom. The SMILES string of the molecule is OC/C=C(/CCc1ccccc1)c1ccccc1. The van der Waals surface area contributed by atoms with Crippen LogP contribution in [0.3, 0.4) is 0 Å². The summed E-state index contributed by atoms with van der Waals surface area (Å²) in [6.07, 6.45) is 3.86. The summed E-state index contributed by atoms with van der Waals surface area (Å²) in [5.41, 5.74) is 3.74. The van der Waals surface area contributed by atoms with E-state index in [2.05, 4.69) is 36.4 Å². The predicted molar refractivity (Wildman–Crippen MR) is 76.3 cm³/mol. The first-order valence-corrected chi connectivity index (χ1v) is 6.29. The number of allylic oxidation sites excluding steroid dienone is 1. The first-order valence-electron chi connectivity index (χ1n) is 6.29. The van der Waals surface area contributed by atoms with Gasteiger partial charge in [-0.15, -0.1) is 0 Å². The molecule has 0 radical (unpaired) electrons. The van der Waals surface area contributed by atoms with E-state index in [1.807, 2.05) is 30.3 Å². The van der Waals surface area contributed by atoms with Crippen molar-refractivity contribution < 1.29 is 5.11 Å². The molecule has 2 aromatic rings. The van der Waals surface area contributed by atoms with Crippen molar-refractivity contribution in [1.82, 2.24) is 0 Å². The topological polar surface area (TPSA) is 20.2 Å². The second-order valence-corrected chi connectivity index (χ2v) is 4.26. The maximum absolute atomic E-state index is 9.12. The molecule has 0 saturated heterocycles. The highest BCUT2D eigenvalue weighted by Gasteiger charge is 2.01. The Morgan fingerprint density at radius 1 is 0.889 bits per heavy atom. The number of aliphatic hydroxyl groups is 1. The molecule has 0 aliphatic rings. The van der Waals surface area contributed by atoms with Gasteiger partial charge in [-0.2, -0.15) is 0 Å². The van der Waals surface area contributed by atoms with E-state index in [9.17, 15) is 0 Å². The first kappa shape index (κ1) is 12.6. The van der Waals surface area contributed by atoms with E-state index in [1.165, 1.54) is 16.7 Å². The van der Waals surface area contributed by atoms with E-state index in [-0.39, 0.29) is 6.61 Å². The molecule has 0 aromatic heterocycles. The molecule has 0 bridgehead atoms. The van der Waals surface area contributed by atoms with Crippen LogP contribution in [0.1, 0.15) is 17.5 Å². The van der Waals surface area contributed by atoms with E-state index < -0.39 is 0 Å². The van der Waals surface area contributed by atoms with Crippen LogP contribution < -0.4 is 0 Å². The molecule has 1 heteroatoms. The zero-order chi connectivity index (χ0) is 12.6. The van der Waals surface area contributed by atoms with Crippen LogP contribution >= 0.6 is 0 Å². The summed E-state index contributed by atoms with van der Waals surface area (Å²) >= 11 is 0. The van der Waals surface area contributed by atoms with Crippen LogP contribution in [0.25, 0.3) is 5.57 Å². The molecule has 0 amide bonds. The Hall–Kier alpha value is -1.86. The fourth-order valence-electron chi connectivity index (χ4n) is 2.05. The Labute approximate surface area is 108 Å². The first-order chi connectivity index (χ1) is 8.90. The molecule has 2 rings (SSSR count). The molecule has 0 aliphatic heterocycles. The van der Waals surface area contributed by atoms with Gasteiger partial charge in [0.2, 0.25) is 0 Å². The van der Waals surface area contributed by atoms with E-state index >= 15 is 0 Å². The molecule has 0 spiro atoms. The zero-order valence-electron chi connectivity index (χ0n) is 10.4. The molecule has 1 N–H and O–H groups in total. The summed E-state index contributed by atoms with van der Waals surface area (Å²) in [7, 11) is 0. The molecule has 0 heterocycles. The largest absolute Gasteiger partial charge is 0.392 e. The minimum absolute atomic E-state index is 0.0962. The highest BCUT2D eigenvalue weighted by Crippen LogP contribution is 2.20. The normalized spacial score (nSPS) is 11.5. The lowest BCUT2D eigenvalue weighted by molar-refractivity contribution is 0.343. The van der Waals surface area contributed by atoms with Gasteiger partial charge >= 0.3 is 0 Å². The molecule has 2 aromatic carbocycles. The van der Waals surface area contributed by atoms with Crippen molar-refractivity contribution in [3.8, 4) is 0 Å². The van der Waals surface area contributed by atoms with Crippen molar-refractivity contribution in [3.63, 3.8) is 0 Å². The van der Waals surface area contributed by atoms with Gasteiger partial charge in [0.15, 0.2) is 0 Å². The molecule has 92 valence electrons. The molecule has 0 atom stereocenters. The molecular weight excluding hydrogens is 220 g/mol. The fraction of sp³-hybridized carbons (Fsp3) is 0.176. The van der Waals surface area contributed by atoms with Crippen LogP contribution in [0.5, 0.6) is 0 Å². The Balaban J connectivity index is 2.07. The highest BCUT2D eigenvalue weighted by molar-refractivity contribution is 5.65. The van der Waals surface area contributed by atoms with Gasteiger partial charge in [-0.1, -0.05) is 66.7 Å². The Kier molecular flexibility index (Phi) is 4.74. The van der Waals surface area contributed by atoms with Gasteiger partial charge in [0.1, 0.15) is 0 Å². The number of aryl methyl sites for hydroxylation is 1. The third-order valence-corrected chi connectivity index (χ3v) is 3.01. The van der Waals surface area contributed by atoms with Gasteiger partial charge in [-0.25, -0.2) is 0 Å². The van der Waals surface area contributed by atoms with E-state index in [0.717, 1.165) is 12.8 Å². The molecule has 0 aliphatic carbocycles. The lowest BCUT2D eigenvalue weighted by atomic mass is 9.98. The lowest BCUT2D eigenvalue weighted by Crippen LogP contribution is -1.91. The van der Waals surface area contributed by atoms with Crippen LogP contribution in [0.2, 0.25) is 0 Å². The maximum atomic E-state index is 9.12. The minimum Gasteiger partial charge on any atom is -0.392 e. The van der Waals surface area contributed by atoms with Crippen molar-refractivity contribution >= 4 is 5.57 Å². The number of hydrogen-bond donors (Lipinski definition) is 1. The van der Waals surface area contributed by atoms with Crippen molar-refractivity contribution in [2.45, 2.75) is 12.8 Å². The van der Waals surface area contributed by atoms with Crippen LogP contribution in [-0.4, -0.2) is 11.7 Å². The number of aliphatic hydroxyl groups excluding tert-OH is 1. The zero-order valence-corrected chi connectivity index (χ0v) is 10.4. The summed E-state index contributed by atoms with van der Waals surface area (Å²) in [6.45, 7) is 0.0962. The molecule has 0 fully saturated rings. The molecule has 0 saturated carbocycles. The maximum Gasteiger partial charge on any atom is 0.0618 e. The lowest BCUT2D eigenvalue weighted by Gasteiger charge is -2.08. The van der Waals surface area contributed by atoms with Crippen molar-refractivity contribution in [2.24, 2.45) is 0 Å². The number of benzene rings is 2. The summed E-state index contributed by atoms with van der Waals surface area (Å²) in [5, 5.41) is 9.12. The average molecular weight is 238 g/mol. The third kappa shape index (κ3) is 3.57. The summed E-state index contributed by atoms with van der Waals surface area (Å²) in [5.74, 6) is 0. The number of hydrogen-bond acceptors (Lipinski definition) is 1. The quantitative estimate of drug-likeness (QED) is 0.842. The summed E-state index contributed by atoms with van der Waals surface area (Å²) < 4.78 is 0. The Bertz CT molecular complexity index is 486. The van der Waals surface area contributed by atoms with Crippen LogP contribution in [0.4, 0.5) is 0 Å².